The van der Waals surface area contributed by atoms with Crippen LogP contribution < -0.4 is 0 Å². The van der Waals surface area contributed by atoms with Gasteiger partial charge in [0, 0.05) is 13.2 Å². The summed E-state index contributed by atoms with van der Waals surface area (Å²) >= 11 is 5.98. The molecule has 1 N–H and O–H groups in total. The van der Waals surface area contributed by atoms with Gasteiger partial charge < -0.3 is 5.11 Å². The number of aromatic nitrogens is 1. The van der Waals surface area contributed by atoms with Crippen molar-refractivity contribution >= 4 is 21.6 Å². The summed E-state index contributed by atoms with van der Waals surface area (Å²) in [7, 11) is -2.29. The van der Waals surface area contributed by atoms with Crippen molar-refractivity contribution in [2.75, 3.05) is 7.05 Å². The molecule has 0 saturated carbocycles. The number of benzene rings is 1. The zero-order valence-electron chi connectivity index (χ0n) is 11.4. The molecule has 5 nitrogen and oxygen atoms in total. The molecule has 0 aliphatic carbocycles. The molecule has 1 heterocycles. The molecule has 2 aromatic rings. The van der Waals surface area contributed by atoms with Gasteiger partial charge in [0.15, 0.2) is 0 Å². The Bertz CT molecular complexity index is 720. The molecular weight excluding hydrogens is 312 g/mol. The van der Waals surface area contributed by atoms with Crippen LogP contribution in [-0.4, -0.2) is 29.9 Å². The second-order valence-corrected chi connectivity index (χ2v) is 6.93. The zero-order valence-corrected chi connectivity index (χ0v) is 13.0. The van der Waals surface area contributed by atoms with E-state index in [9.17, 15) is 8.42 Å². The van der Waals surface area contributed by atoms with Gasteiger partial charge in [0.05, 0.1) is 23.9 Å². The molecule has 0 aliphatic heterocycles. The third-order valence-corrected chi connectivity index (χ3v) is 5.26. The first kappa shape index (κ1) is 15.9. The molecule has 0 aliphatic rings. The molecule has 21 heavy (non-hydrogen) atoms. The number of rotatable bonds is 5. The van der Waals surface area contributed by atoms with E-state index in [0.717, 1.165) is 0 Å². The van der Waals surface area contributed by atoms with E-state index in [0.29, 0.717) is 11.3 Å². The van der Waals surface area contributed by atoms with E-state index in [2.05, 4.69) is 4.98 Å². The first-order chi connectivity index (χ1) is 9.95. The van der Waals surface area contributed by atoms with Crippen LogP contribution in [0.3, 0.4) is 0 Å². The molecule has 112 valence electrons. The molecule has 0 bridgehead atoms. The maximum atomic E-state index is 12.6. The summed E-state index contributed by atoms with van der Waals surface area (Å²) in [5.74, 6) is 0. The summed E-state index contributed by atoms with van der Waals surface area (Å²) in [6, 6.07) is 9.74. The SMILES string of the molecule is CN(Cc1ccccn1)S(=O)(=O)c1cc(CO)ccc1Cl. The Morgan fingerprint density at radius 2 is 2.05 bits per heavy atom. The quantitative estimate of drug-likeness (QED) is 0.913. The first-order valence-corrected chi connectivity index (χ1v) is 8.02. The van der Waals surface area contributed by atoms with E-state index in [1.165, 1.54) is 23.5 Å². The van der Waals surface area contributed by atoms with Crippen molar-refractivity contribution in [3.63, 3.8) is 0 Å². The molecular formula is C14H15ClN2O3S. The number of aliphatic hydroxyl groups excluding tert-OH is 1. The number of sulfonamides is 1. The van der Waals surface area contributed by atoms with Crippen LogP contribution in [0.15, 0.2) is 47.5 Å². The van der Waals surface area contributed by atoms with Gasteiger partial charge in [0.25, 0.3) is 0 Å². The molecule has 0 amide bonds. The topological polar surface area (TPSA) is 70.5 Å². The fourth-order valence-electron chi connectivity index (χ4n) is 1.82. The maximum Gasteiger partial charge on any atom is 0.244 e. The summed E-state index contributed by atoms with van der Waals surface area (Å²) in [5, 5.41) is 9.26. The monoisotopic (exact) mass is 326 g/mol. The van der Waals surface area contributed by atoms with Gasteiger partial charge in [-0.1, -0.05) is 23.7 Å². The van der Waals surface area contributed by atoms with Crippen molar-refractivity contribution in [3.05, 3.63) is 58.9 Å². The lowest BCUT2D eigenvalue weighted by molar-refractivity contribution is 0.281. The third-order valence-electron chi connectivity index (χ3n) is 2.98. The summed E-state index contributed by atoms with van der Waals surface area (Å²) in [5.41, 5.74) is 1.13. The molecule has 0 radical (unpaired) electrons. The second kappa shape index (κ2) is 6.53. The van der Waals surface area contributed by atoms with Crippen LogP contribution in [0, 0.1) is 0 Å². The Kier molecular flexibility index (Phi) is 4.95. The number of halogens is 1. The van der Waals surface area contributed by atoms with Crippen molar-refractivity contribution in [1.82, 2.24) is 9.29 Å². The van der Waals surface area contributed by atoms with Crippen LogP contribution in [0.4, 0.5) is 0 Å². The normalized spacial score (nSPS) is 11.8. The van der Waals surface area contributed by atoms with Crippen LogP contribution >= 0.6 is 11.6 Å². The van der Waals surface area contributed by atoms with E-state index in [1.807, 2.05) is 0 Å². The lowest BCUT2D eigenvalue weighted by Crippen LogP contribution is -2.27. The lowest BCUT2D eigenvalue weighted by Gasteiger charge is -2.18. The Morgan fingerprint density at radius 1 is 1.29 bits per heavy atom. The van der Waals surface area contributed by atoms with Crippen molar-refractivity contribution in [2.24, 2.45) is 0 Å². The highest BCUT2D eigenvalue weighted by Gasteiger charge is 2.24. The molecule has 1 aromatic heterocycles. The minimum absolute atomic E-state index is 0.0193. The number of aliphatic hydroxyl groups is 1. The number of hydrogen-bond acceptors (Lipinski definition) is 4. The van der Waals surface area contributed by atoms with Gasteiger partial charge in [-0.2, -0.15) is 4.31 Å². The van der Waals surface area contributed by atoms with Gasteiger partial charge in [0.2, 0.25) is 10.0 Å². The van der Waals surface area contributed by atoms with Gasteiger partial charge in [0.1, 0.15) is 4.90 Å². The van der Waals surface area contributed by atoms with Gasteiger partial charge >= 0.3 is 0 Å². The van der Waals surface area contributed by atoms with E-state index in [4.69, 9.17) is 16.7 Å². The third kappa shape index (κ3) is 3.59. The summed E-state index contributed by atoms with van der Waals surface area (Å²) in [4.78, 5) is 4.08. The van der Waals surface area contributed by atoms with E-state index in [1.54, 1.807) is 30.5 Å². The molecule has 0 spiro atoms. The van der Waals surface area contributed by atoms with Gasteiger partial charge in [-0.3, -0.25) is 4.98 Å². The highest BCUT2D eigenvalue weighted by atomic mass is 35.5. The highest BCUT2D eigenvalue weighted by Crippen LogP contribution is 2.26. The van der Waals surface area contributed by atoms with Crippen molar-refractivity contribution in [3.8, 4) is 0 Å². The Hall–Kier alpha value is -1.47. The predicted octanol–water partition coefficient (Wildman–Crippen LogP) is 2.05. The van der Waals surface area contributed by atoms with Gasteiger partial charge in [-0.05, 0) is 29.8 Å². The van der Waals surface area contributed by atoms with Crippen LogP contribution in [0.2, 0.25) is 5.02 Å². The van der Waals surface area contributed by atoms with Crippen LogP contribution in [-0.2, 0) is 23.2 Å². The Morgan fingerprint density at radius 3 is 2.67 bits per heavy atom. The van der Waals surface area contributed by atoms with Crippen molar-refractivity contribution in [1.29, 1.82) is 0 Å². The minimum Gasteiger partial charge on any atom is -0.392 e. The standard InChI is InChI=1S/C14H15ClN2O3S/c1-17(9-12-4-2-3-7-16-12)21(19,20)14-8-11(10-18)5-6-13(14)15/h2-8,18H,9-10H2,1H3. The Labute approximate surface area is 128 Å². The maximum absolute atomic E-state index is 12.6. The van der Waals surface area contributed by atoms with Crippen LogP contribution in [0.25, 0.3) is 0 Å². The second-order valence-electron chi connectivity index (χ2n) is 4.51. The van der Waals surface area contributed by atoms with E-state index >= 15 is 0 Å². The number of pyridine rings is 1. The van der Waals surface area contributed by atoms with Crippen molar-refractivity contribution < 1.29 is 13.5 Å². The van der Waals surface area contributed by atoms with Gasteiger partial charge in [-0.15, -0.1) is 0 Å². The van der Waals surface area contributed by atoms with Gasteiger partial charge in [-0.25, -0.2) is 8.42 Å². The first-order valence-electron chi connectivity index (χ1n) is 6.20. The lowest BCUT2D eigenvalue weighted by atomic mass is 10.2. The number of nitrogens with zero attached hydrogens (tertiary/aromatic N) is 2. The average molecular weight is 327 g/mol. The fourth-order valence-corrected chi connectivity index (χ4v) is 3.48. The average Bonchev–Trinajstić information content (AvgIpc) is 2.48. The number of hydrogen-bond donors (Lipinski definition) is 1. The highest BCUT2D eigenvalue weighted by molar-refractivity contribution is 7.89. The summed E-state index contributed by atoms with van der Waals surface area (Å²) in [6.07, 6.45) is 1.61. The molecule has 0 fully saturated rings. The largest absolute Gasteiger partial charge is 0.392 e. The summed E-state index contributed by atoms with van der Waals surface area (Å²) in [6.45, 7) is -0.105. The van der Waals surface area contributed by atoms with E-state index in [-0.39, 0.29) is 23.1 Å². The summed E-state index contributed by atoms with van der Waals surface area (Å²) < 4.78 is 26.3. The molecule has 0 saturated heterocycles. The molecule has 7 heteroatoms. The fraction of sp³-hybridized carbons (Fsp3) is 0.214. The molecule has 1 aromatic carbocycles. The predicted molar refractivity (Wildman–Crippen MR) is 80.3 cm³/mol. The minimum atomic E-state index is -3.75. The Balaban J connectivity index is 2.33. The molecule has 0 atom stereocenters. The van der Waals surface area contributed by atoms with Crippen LogP contribution in [0.5, 0.6) is 0 Å². The molecule has 0 unspecified atom stereocenters. The molecule has 2 rings (SSSR count). The smallest absolute Gasteiger partial charge is 0.244 e. The van der Waals surface area contributed by atoms with E-state index < -0.39 is 10.0 Å². The van der Waals surface area contributed by atoms with Crippen molar-refractivity contribution in [2.45, 2.75) is 18.0 Å². The van der Waals surface area contributed by atoms with Crippen LogP contribution in [0.1, 0.15) is 11.3 Å². The zero-order chi connectivity index (χ0) is 15.5.